The molecule has 3 nitrogen and oxygen atoms in total. The lowest BCUT2D eigenvalue weighted by Gasteiger charge is -2.13. The highest BCUT2D eigenvalue weighted by atomic mass is 32.2. The summed E-state index contributed by atoms with van der Waals surface area (Å²) >= 11 is 0. The van der Waals surface area contributed by atoms with Crippen molar-refractivity contribution < 1.29 is 25.7 Å². The van der Waals surface area contributed by atoms with Crippen LogP contribution in [0.15, 0.2) is 48.5 Å². The van der Waals surface area contributed by atoms with Crippen LogP contribution in [0.25, 0.3) is 11.1 Å². The van der Waals surface area contributed by atoms with Crippen molar-refractivity contribution in [2.45, 2.75) is 5.51 Å². The minimum atomic E-state index is -5.67. The zero-order valence-electron chi connectivity index (χ0n) is 10.5. The van der Waals surface area contributed by atoms with Gasteiger partial charge in [-0.05, 0) is 22.1 Å². The standard InChI is InChI=1S/C13H8BF3O3S/c15-13(16,17)21(18,19)20-14-11-7-3-1-5-9(11)10-6-2-4-8-12(10)14/h1-8H. The summed E-state index contributed by atoms with van der Waals surface area (Å²) < 4.78 is 64.6. The third-order valence-corrected chi connectivity index (χ3v) is 4.30. The third-order valence-electron chi connectivity index (χ3n) is 3.28. The van der Waals surface area contributed by atoms with Gasteiger partial charge in [-0.2, -0.15) is 21.6 Å². The average Bonchev–Trinajstić information content (AvgIpc) is 2.73. The molecule has 0 fully saturated rings. The predicted molar refractivity (Wildman–Crippen MR) is 73.0 cm³/mol. The van der Waals surface area contributed by atoms with Gasteiger partial charge in [0.2, 0.25) is 0 Å². The first-order valence-corrected chi connectivity index (χ1v) is 7.40. The molecular formula is C13H8BF3O3S. The van der Waals surface area contributed by atoms with Crippen LogP contribution < -0.4 is 10.9 Å². The summed E-state index contributed by atoms with van der Waals surface area (Å²) in [4.78, 5) is 0. The molecule has 0 atom stereocenters. The molecule has 3 rings (SSSR count). The van der Waals surface area contributed by atoms with Gasteiger partial charge in [0.25, 0.3) is 0 Å². The van der Waals surface area contributed by atoms with Crippen LogP contribution in [0.3, 0.4) is 0 Å². The Balaban J connectivity index is 2.12. The van der Waals surface area contributed by atoms with Gasteiger partial charge < -0.3 is 4.10 Å². The van der Waals surface area contributed by atoms with Crippen LogP contribution in [0.5, 0.6) is 0 Å². The Morgan fingerprint density at radius 1 is 0.857 bits per heavy atom. The smallest absolute Gasteiger partial charge is 0.314 e. The predicted octanol–water partition coefficient (Wildman–Crippen LogP) is 1.64. The SMILES string of the molecule is O=S(=O)(OB1c2ccccc2-c2ccccc21)C(F)(F)F. The zero-order valence-corrected chi connectivity index (χ0v) is 11.3. The molecule has 1 aliphatic rings. The molecule has 0 saturated heterocycles. The number of fused-ring (bicyclic) bond motifs is 3. The molecule has 1 aliphatic heterocycles. The van der Waals surface area contributed by atoms with Crippen LogP contribution in [0.4, 0.5) is 13.2 Å². The van der Waals surface area contributed by atoms with Gasteiger partial charge in [0, 0.05) is 0 Å². The molecule has 0 aliphatic carbocycles. The Labute approximate surface area is 119 Å². The van der Waals surface area contributed by atoms with E-state index in [1.807, 2.05) is 0 Å². The molecule has 8 heteroatoms. The first-order valence-electron chi connectivity index (χ1n) is 5.99. The number of halogens is 3. The molecule has 0 bridgehead atoms. The maximum absolute atomic E-state index is 12.5. The molecule has 2 aromatic rings. The molecule has 2 aromatic carbocycles. The Bertz CT molecular complexity index is 757. The molecule has 0 saturated carbocycles. The van der Waals surface area contributed by atoms with Crippen LogP contribution in [0.2, 0.25) is 0 Å². The molecule has 0 aromatic heterocycles. The zero-order chi connectivity index (χ0) is 15.3. The maximum Gasteiger partial charge on any atom is 0.521 e. The first kappa shape index (κ1) is 14.2. The van der Waals surface area contributed by atoms with Gasteiger partial charge in [0.05, 0.1) is 0 Å². The quantitative estimate of drug-likeness (QED) is 0.625. The van der Waals surface area contributed by atoms with Crippen molar-refractivity contribution in [2.24, 2.45) is 0 Å². The van der Waals surface area contributed by atoms with E-state index in [1.54, 1.807) is 48.5 Å². The maximum atomic E-state index is 12.5. The van der Waals surface area contributed by atoms with Gasteiger partial charge in [-0.1, -0.05) is 48.5 Å². The normalized spacial score (nSPS) is 14.0. The highest BCUT2D eigenvalue weighted by molar-refractivity contribution is 7.88. The van der Waals surface area contributed by atoms with Crippen molar-refractivity contribution in [2.75, 3.05) is 0 Å². The van der Waals surface area contributed by atoms with Crippen molar-refractivity contribution in [1.29, 1.82) is 0 Å². The highest BCUT2D eigenvalue weighted by Gasteiger charge is 2.50. The fourth-order valence-corrected chi connectivity index (χ4v) is 2.96. The van der Waals surface area contributed by atoms with Gasteiger partial charge in [-0.3, -0.25) is 0 Å². The number of rotatable bonds is 2. The number of alkyl halides is 3. The number of hydrogen-bond acceptors (Lipinski definition) is 3. The van der Waals surface area contributed by atoms with Crippen molar-refractivity contribution in [3.63, 3.8) is 0 Å². The summed E-state index contributed by atoms with van der Waals surface area (Å²) in [5.74, 6) is 0. The third kappa shape index (κ3) is 2.24. The van der Waals surface area contributed by atoms with Crippen LogP contribution in [0, 0.1) is 0 Å². The highest BCUT2D eigenvalue weighted by Crippen LogP contribution is 2.28. The van der Waals surface area contributed by atoms with Gasteiger partial charge >= 0.3 is 22.5 Å². The Morgan fingerprint density at radius 3 is 1.71 bits per heavy atom. The van der Waals surface area contributed by atoms with E-state index in [0.717, 1.165) is 0 Å². The van der Waals surface area contributed by atoms with E-state index in [9.17, 15) is 21.6 Å². The molecule has 21 heavy (non-hydrogen) atoms. The van der Waals surface area contributed by atoms with Crippen molar-refractivity contribution >= 4 is 28.0 Å². The summed E-state index contributed by atoms with van der Waals surface area (Å²) in [6.07, 6.45) is 0. The van der Waals surface area contributed by atoms with E-state index in [1.165, 1.54) is 0 Å². The van der Waals surface area contributed by atoms with E-state index in [4.69, 9.17) is 0 Å². The molecule has 108 valence electrons. The van der Waals surface area contributed by atoms with Crippen molar-refractivity contribution in [3.05, 3.63) is 48.5 Å². The minimum Gasteiger partial charge on any atom is -0.314 e. The Kier molecular flexibility index (Phi) is 3.10. The minimum absolute atomic E-state index is 0.409. The fraction of sp³-hybridized carbons (Fsp3) is 0.0769. The van der Waals surface area contributed by atoms with Gasteiger partial charge in [-0.25, -0.2) is 0 Å². The summed E-state index contributed by atoms with van der Waals surface area (Å²) in [6, 6.07) is 13.3. The van der Waals surface area contributed by atoms with Crippen molar-refractivity contribution in [3.8, 4) is 11.1 Å². The monoisotopic (exact) mass is 312 g/mol. The number of benzene rings is 2. The van der Waals surface area contributed by atoms with Crippen LogP contribution in [-0.2, 0) is 14.2 Å². The molecule has 0 radical (unpaired) electrons. The topological polar surface area (TPSA) is 43.4 Å². The van der Waals surface area contributed by atoms with Gasteiger partial charge in [0.15, 0.2) is 0 Å². The summed E-state index contributed by atoms with van der Waals surface area (Å²) in [5, 5.41) is 0. The molecule has 0 unspecified atom stereocenters. The second-order valence-electron chi connectivity index (χ2n) is 4.55. The van der Waals surface area contributed by atoms with Gasteiger partial charge in [-0.15, -0.1) is 0 Å². The lowest BCUT2D eigenvalue weighted by atomic mass is 9.59. The molecular weight excluding hydrogens is 304 g/mol. The summed E-state index contributed by atoms with van der Waals surface area (Å²) in [5.41, 5.74) is -3.27. The second-order valence-corrected chi connectivity index (χ2v) is 6.11. The number of hydrogen-bond donors (Lipinski definition) is 0. The fourth-order valence-electron chi connectivity index (χ4n) is 2.39. The summed E-state index contributed by atoms with van der Waals surface area (Å²) in [6.45, 7) is -1.27. The van der Waals surface area contributed by atoms with E-state index >= 15 is 0 Å². The van der Waals surface area contributed by atoms with Crippen LogP contribution in [-0.4, -0.2) is 20.8 Å². The van der Waals surface area contributed by atoms with Crippen LogP contribution >= 0.6 is 0 Å². The Hall–Kier alpha value is -1.80. The van der Waals surface area contributed by atoms with Crippen molar-refractivity contribution in [1.82, 2.24) is 0 Å². The molecule has 0 spiro atoms. The van der Waals surface area contributed by atoms with E-state index in [0.29, 0.717) is 22.1 Å². The molecule has 1 heterocycles. The van der Waals surface area contributed by atoms with E-state index in [-0.39, 0.29) is 0 Å². The lowest BCUT2D eigenvalue weighted by molar-refractivity contribution is -0.0500. The largest absolute Gasteiger partial charge is 0.521 e. The molecule has 0 N–H and O–H groups in total. The van der Waals surface area contributed by atoms with Crippen LogP contribution in [0.1, 0.15) is 0 Å². The second kappa shape index (κ2) is 4.61. The van der Waals surface area contributed by atoms with E-state index < -0.39 is 22.5 Å². The Morgan fingerprint density at radius 2 is 1.29 bits per heavy atom. The van der Waals surface area contributed by atoms with E-state index in [2.05, 4.69) is 4.10 Å². The summed E-state index contributed by atoms with van der Waals surface area (Å²) in [7, 11) is -5.67. The molecule has 0 amide bonds. The first-order chi connectivity index (χ1) is 9.81. The lowest BCUT2D eigenvalue weighted by Crippen LogP contribution is -2.45. The average molecular weight is 312 g/mol. The van der Waals surface area contributed by atoms with Gasteiger partial charge in [0.1, 0.15) is 0 Å².